The summed E-state index contributed by atoms with van der Waals surface area (Å²) in [4.78, 5) is 24.6. The van der Waals surface area contributed by atoms with Crippen LogP contribution in [-0.2, 0) is 6.42 Å². The van der Waals surface area contributed by atoms with Gasteiger partial charge in [0.15, 0.2) is 5.13 Å². The molecule has 1 aliphatic heterocycles. The highest BCUT2D eigenvalue weighted by Crippen LogP contribution is 2.22. The maximum absolute atomic E-state index is 12.0. The third kappa shape index (κ3) is 1.91. The SMILES string of the molecule is CCc1nc(N)sc1C(=O)C1=NC(=S)C=N1. The lowest BCUT2D eigenvalue weighted by Crippen LogP contribution is -2.10. The third-order valence-electron chi connectivity index (χ3n) is 1.97. The fourth-order valence-electron chi connectivity index (χ4n) is 1.28. The number of anilines is 1. The van der Waals surface area contributed by atoms with Gasteiger partial charge in [0.25, 0.3) is 0 Å². The Hall–Kier alpha value is -1.47. The van der Waals surface area contributed by atoms with Crippen LogP contribution in [-0.4, -0.2) is 27.8 Å². The minimum atomic E-state index is -0.262. The number of thiazole rings is 1. The van der Waals surface area contributed by atoms with Crippen LogP contribution in [0.15, 0.2) is 9.98 Å². The van der Waals surface area contributed by atoms with E-state index in [1.165, 1.54) is 6.21 Å². The molecular formula is C9H8N4OS2. The molecule has 2 rings (SSSR count). The fourth-order valence-corrected chi connectivity index (χ4v) is 2.27. The van der Waals surface area contributed by atoms with Crippen LogP contribution in [0.2, 0.25) is 0 Å². The number of hydrogen-bond donors (Lipinski definition) is 1. The van der Waals surface area contributed by atoms with Crippen LogP contribution in [0, 0.1) is 0 Å². The van der Waals surface area contributed by atoms with Crippen LogP contribution in [0.3, 0.4) is 0 Å². The average molecular weight is 252 g/mol. The molecule has 0 spiro atoms. The average Bonchev–Trinajstić information content (AvgIpc) is 2.83. The van der Waals surface area contributed by atoms with Crippen LogP contribution in [0.4, 0.5) is 5.13 Å². The number of aromatic nitrogens is 1. The van der Waals surface area contributed by atoms with Crippen LogP contribution in [0.1, 0.15) is 22.3 Å². The molecule has 1 aliphatic rings. The number of aliphatic imine (C=N–C) groups is 2. The zero-order chi connectivity index (χ0) is 11.7. The molecule has 0 radical (unpaired) electrons. The van der Waals surface area contributed by atoms with Crippen molar-refractivity contribution in [2.75, 3.05) is 5.73 Å². The number of aryl methyl sites for hydroxylation is 1. The molecule has 0 atom stereocenters. The predicted molar refractivity (Wildman–Crippen MR) is 68.8 cm³/mol. The molecular weight excluding hydrogens is 244 g/mol. The second-order valence-electron chi connectivity index (χ2n) is 3.04. The Morgan fingerprint density at radius 3 is 2.94 bits per heavy atom. The largest absolute Gasteiger partial charge is 0.375 e. The molecule has 2 heterocycles. The summed E-state index contributed by atoms with van der Waals surface area (Å²) in [5.41, 5.74) is 6.25. The third-order valence-corrected chi connectivity index (χ3v) is 3.09. The van der Waals surface area contributed by atoms with Gasteiger partial charge < -0.3 is 5.73 Å². The van der Waals surface area contributed by atoms with Crippen LogP contribution < -0.4 is 5.73 Å². The van der Waals surface area contributed by atoms with E-state index in [-0.39, 0.29) is 11.6 Å². The lowest BCUT2D eigenvalue weighted by Gasteiger charge is -1.95. The topological polar surface area (TPSA) is 80.7 Å². The summed E-state index contributed by atoms with van der Waals surface area (Å²) in [6, 6.07) is 0. The first kappa shape index (κ1) is 11.0. The summed E-state index contributed by atoms with van der Waals surface area (Å²) in [6.45, 7) is 1.91. The van der Waals surface area contributed by atoms with Crippen molar-refractivity contribution in [2.45, 2.75) is 13.3 Å². The maximum Gasteiger partial charge on any atom is 0.242 e. The van der Waals surface area contributed by atoms with Gasteiger partial charge in [-0.15, -0.1) is 0 Å². The van der Waals surface area contributed by atoms with Gasteiger partial charge in [-0.25, -0.2) is 15.0 Å². The molecule has 1 aromatic heterocycles. The van der Waals surface area contributed by atoms with Crippen molar-refractivity contribution >= 4 is 51.5 Å². The summed E-state index contributed by atoms with van der Waals surface area (Å²) in [6.07, 6.45) is 2.04. The standard InChI is InChI=1S/C9H8N4OS2/c1-2-4-7(16-9(10)12-4)6(14)8-11-3-5(15)13-8/h3H,2H2,1H3,(H2,10,12). The molecule has 0 amide bonds. The molecule has 2 N–H and O–H groups in total. The zero-order valence-corrected chi connectivity index (χ0v) is 10.1. The minimum Gasteiger partial charge on any atom is -0.375 e. The normalized spacial score (nSPS) is 14.3. The van der Waals surface area contributed by atoms with E-state index in [1.54, 1.807) is 0 Å². The van der Waals surface area contributed by atoms with E-state index in [0.717, 1.165) is 11.3 Å². The number of nitrogen functional groups attached to an aromatic ring is 1. The molecule has 1 aromatic rings. The highest BCUT2D eigenvalue weighted by Gasteiger charge is 2.22. The predicted octanol–water partition coefficient (Wildman–Crippen LogP) is 1.28. The second kappa shape index (κ2) is 4.18. The van der Waals surface area contributed by atoms with Gasteiger partial charge in [-0.3, -0.25) is 4.79 Å². The van der Waals surface area contributed by atoms with Gasteiger partial charge in [-0.2, -0.15) is 0 Å². The van der Waals surface area contributed by atoms with E-state index in [4.69, 9.17) is 18.0 Å². The number of amidine groups is 1. The van der Waals surface area contributed by atoms with Gasteiger partial charge in [-0.05, 0) is 6.42 Å². The summed E-state index contributed by atoms with van der Waals surface area (Å²) >= 11 is 5.96. The summed E-state index contributed by atoms with van der Waals surface area (Å²) in [5.74, 6) is -0.148. The molecule has 82 valence electrons. The summed E-state index contributed by atoms with van der Waals surface area (Å²) in [7, 11) is 0. The van der Waals surface area contributed by atoms with E-state index in [1.807, 2.05) is 6.92 Å². The van der Waals surface area contributed by atoms with Crippen LogP contribution >= 0.6 is 23.6 Å². The highest BCUT2D eigenvalue weighted by molar-refractivity contribution is 7.81. The van der Waals surface area contributed by atoms with E-state index < -0.39 is 0 Å². The smallest absolute Gasteiger partial charge is 0.242 e. The Morgan fingerprint density at radius 2 is 2.38 bits per heavy atom. The fraction of sp³-hybridized carbons (Fsp3) is 0.222. The van der Waals surface area contributed by atoms with Gasteiger partial charge in [0.05, 0.1) is 11.9 Å². The maximum atomic E-state index is 12.0. The Labute approximate surface area is 101 Å². The Bertz CT molecular complexity index is 530. The van der Waals surface area contributed by atoms with E-state index in [2.05, 4.69) is 15.0 Å². The van der Waals surface area contributed by atoms with E-state index in [0.29, 0.717) is 27.1 Å². The minimum absolute atomic E-state index is 0.114. The number of nitrogens with two attached hydrogens (primary N) is 1. The Kier molecular flexibility index (Phi) is 2.88. The molecule has 16 heavy (non-hydrogen) atoms. The molecule has 0 saturated heterocycles. The molecule has 0 bridgehead atoms. The number of carbonyl (C=O) groups excluding carboxylic acids is 1. The quantitative estimate of drug-likeness (QED) is 0.649. The first-order chi connectivity index (χ1) is 7.61. The van der Waals surface area contributed by atoms with Crippen molar-refractivity contribution in [1.82, 2.24) is 4.98 Å². The number of thiocarbonyl (C=S) groups is 1. The Morgan fingerprint density at radius 1 is 1.62 bits per heavy atom. The van der Waals surface area contributed by atoms with Gasteiger partial charge in [0, 0.05) is 0 Å². The van der Waals surface area contributed by atoms with Crippen molar-refractivity contribution in [3.8, 4) is 0 Å². The van der Waals surface area contributed by atoms with Gasteiger partial charge in [-0.1, -0.05) is 30.5 Å². The second-order valence-corrected chi connectivity index (χ2v) is 4.49. The van der Waals surface area contributed by atoms with Crippen molar-refractivity contribution in [1.29, 1.82) is 0 Å². The first-order valence-corrected chi connectivity index (χ1v) is 5.81. The molecule has 0 unspecified atom stereocenters. The number of carbonyl (C=O) groups is 1. The van der Waals surface area contributed by atoms with Gasteiger partial charge in [0.2, 0.25) is 11.6 Å². The monoisotopic (exact) mass is 252 g/mol. The number of Topliss-reactive ketones (excluding diaryl/α,β-unsaturated/α-hetero) is 1. The molecule has 0 fully saturated rings. The van der Waals surface area contributed by atoms with Crippen molar-refractivity contribution < 1.29 is 4.79 Å². The lowest BCUT2D eigenvalue weighted by atomic mass is 10.2. The zero-order valence-electron chi connectivity index (χ0n) is 8.43. The molecule has 5 nitrogen and oxygen atoms in total. The Balaban J connectivity index is 2.38. The summed E-state index contributed by atoms with van der Waals surface area (Å²) in [5, 5.41) is 0.380. The molecule has 0 aliphatic carbocycles. The van der Waals surface area contributed by atoms with Crippen molar-refractivity contribution in [3.05, 3.63) is 10.6 Å². The highest BCUT2D eigenvalue weighted by atomic mass is 32.1. The van der Waals surface area contributed by atoms with Crippen molar-refractivity contribution in [3.63, 3.8) is 0 Å². The molecule has 0 saturated carbocycles. The van der Waals surface area contributed by atoms with Gasteiger partial charge >= 0.3 is 0 Å². The number of ketones is 1. The van der Waals surface area contributed by atoms with E-state index in [9.17, 15) is 4.79 Å². The molecule has 0 aromatic carbocycles. The lowest BCUT2D eigenvalue weighted by molar-refractivity contribution is 0.106. The van der Waals surface area contributed by atoms with Gasteiger partial charge in [0.1, 0.15) is 9.87 Å². The number of nitrogens with zero attached hydrogens (tertiary/aromatic N) is 3. The summed E-state index contributed by atoms with van der Waals surface area (Å²) < 4.78 is 0. The van der Waals surface area contributed by atoms with Crippen LogP contribution in [0.5, 0.6) is 0 Å². The first-order valence-electron chi connectivity index (χ1n) is 4.58. The van der Waals surface area contributed by atoms with Crippen LogP contribution in [0.25, 0.3) is 0 Å². The number of hydrogen-bond acceptors (Lipinski definition) is 6. The van der Waals surface area contributed by atoms with E-state index >= 15 is 0 Å². The van der Waals surface area contributed by atoms with Crippen molar-refractivity contribution in [2.24, 2.45) is 9.98 Å². The molecule has 7 heteroatoms. The number of rotatable bonds is 3.